The SMILES string of the molecule is C[C@@H](O)c1cccc(F)c1N1CCC2CCC(C1)N2C. The van der Waals surface area contributed by atoms with Gasteiger partial charge in [-0.15, -0.1) is 0 Å². The normalized spacial score (nSPS) is 28.5. The second kappa shape index (κ2) is 5.34. The van der Waals surface area contributed by atoms with Gasteiger partial charge in [-0.2, -0.15) is 0 Å². The molecule has 3 rings (SSSR count). The monoisotopic (exact) mass is 278 g/mol. The van der Waals surface area contributed by atoms with Gasteiger partial charge in [0.25, 0.3) is 0 Å². The largest absolute Gasteiger partial charge is 0.389 e. The van der Waals surface area contributed by atoms with Gasteiger partial charge in [0.15, 0.2) is 0 Å². The molecule has 2 aliphatic heterocycles. The third-order valence-electron chi connectivity index (χ3n) is 4.93. The molecule has 1 aromatic rings. The molecule has 2 saturated heterocycles. The van der Waals surface area contributed by atoms with Crippen molar-refractivity contribution < 1.29 is 9.50 Å². The standard InChI is InChI=1S/C16H23FN2O/c1-11(20)14-4-3-5-15(17)16(14)19-9-8-12-6-7-13(10-19)18(12)2/h3-5,11-13,20H,6-10H2,1-2H3/t11-,12?,13?/m1/s1. The highest BCUT2D eigenvalue weighted by molar-refractivity contribution is 5.56. The van der Waals surface area contributed by atoms with Gasteiger partial charge in [-0.05, 0) is 39.3 Å². The third-order valence-corrected chi connectivity index (χ3v) is 4.93. The van der Waals surface area contributed by atoms with Gasteiger partial charge in [-0.1, -0.05) is 12.1 Å². The van der Waals surface area contributed by atoms with Crippen LogP contribution in [0.5, 0.6) is 0 Å². The molecule has 20 heavy (non-hydrogen) atoms. The molecule has 2 bridgehead atoms. The zero-order valence-electron chi connectivity index (χ0n) is 12.2. The highest BCUT2D eigenvalue weighted by atomic mass is 19.1. The second-order valence-corrected chi connectivity index (χ2v) is 6.14. The first kappa shape index (κ1) is 13.8. The maximum absolute atomic E-state index is 14.3. The Hall–Kier alpha value is -1.13. The van der Waals surface area contributed by atoms with Crippen LogP contribution in [0.25, 0.3) is 0 Å². The zero-order chi connectivity index (χ0) is 14.3. The van der Waals surface area contributed by atoms with Crippen molar-refractivity contribution in [1.82, 2.24) is 4.90 Å². The van der Waals surface area contributed by atoms with Gasteiger partial charge in [-0.3, -0.25) is 4.90 Å². The summed E-state index contributed by atoms with van der Waals surface area (Å²) in [6, 6.07) is 6.14. The predicted octanol–water partition coefficient (Wildman–Crippen LogP) is 2.55. The first-order valence-electron chi connectivity index (χ1n) is 7.51. The molecular weight excluding hydrogens is 255 g/mol. The van der Waals surface area contributed by atoms with Gasteiger partial charge in [0.1, 0.15) is 5.82 Å². The lowest BCUT2D eigenvalue weighted by atomic mass is 10.0. The van der Waals surface area contributed by atoms with E-state index in [1.54, 1.807) is 13.0 Å². The summed E-state index contributed by atoms with van der Waals surface area (Å²) < 4.78 is 14.3. The van der Waals surface area contributed by atoms with E-state index in [9.17, 15) is 9.50 Å². The highest BCUT2D eigenvalue weighted by Gasteiger charge is 2.35. The summed E-state index contributed by atoms with van der Waals surface area (Å²) in [4.78, 5) is 4.58. The number of anilines is 1. The molecule has 0 aliphatic carbocycles. The van der Waals surface area contributed by atoms with E-state index in [-0.39, 0.29) is 5.82 Å². The van der Waals surface area contributed by atoms with Gasteiger partial charge in [-0.25, -0.2) is 4.39 Å². The Morgan fingerprint density at radius 1 is 1.25 bits per heavy atom. The molecule has 2 aliphatic rings. The van der Waals surface area contributed by atoms with E-state index in [0.717, 1.165) is 19.5 Å². The number of halogens is 1. The molecule has 3 nitrogen and oxygen atoms in total. The van der Waals surface area contributed by atoms with Crippen molar-refractivity contribution in [3.8, 4) is 0 Å². The van der Waals surface area contributed by atoms with Crippen LogP contribution in [-0.2, 0) is 0 Å². The molecule has 2 fully saturated rings. The van der Waals surface area contributed by atoms with E-state index in [4.69, 9.17) is 0 Å². The number of likely N-dealkylation sites (N-methyl/N-ethyl adjacent to an activating group) is 1. The Balaban J connectivity index is 1.93. The molecule has 4 heteroatoms. The lowest BCUT2D eigenvalue weighted by molar-refractivity contribution is 0.199. The van der Waals surface area contributed by atoms with E-state index in [2.05, 4.69) is 16.8 Å². The number of aliphatic hydroxyl groups is 1. The summed E-state index contributed by atoms with van der Waals surface area (Å²) >= 11 is 0. The Labute approximate surface area is 120 Å². The van der Waals surface area contributed by atoms with E-state index in [1.807, 2.05) is 6.07 Å². The summed E-state index contributed by atoms with van der Waals surface area (Å²) in [5.41, 5.74) is 1.30. The lowest BCUT2D eigenvalue weighted by Gasteiger charge is -2.30. The van der Waals surface area contributed by atoms with Crippen molar-refractivity contribution >= 4 is 5.69 Å². The fourth-order valence-electron chi connectivity index (χ4n) is 3.71. The van der Waals surface area contributed by atoms with Crippen molar-refractivity contribution in [3.05, 3.63) is 29.6 Å². The first-order chi connectivity index (χ1) is 9.58. The molecule has 0 spiro atoms. The summed E-state index contributed by atoms with van der Waals surface area (Å²) in [5, 5.41) is 9.91. The van der Waals surface area contributed by atoms with Gasteiger partial charge in [0.2, 0.25) is 0 Å². The summed E-state index contributed by atoms with van der Waals surface area (Å²) in [7, 11) is 2.18. The van der Waals surface area contributed by atoms with Crippen LogP contribution in [0.3, 0.4) is 0 Å². The summed E-state index contributed by atoms with van der Waals surface area (Å²) in [6.45, 7) is 3.42. The fourth-order valence-corrected chi connectivity index (χ4v) is 3.71. The zero-order valence-corrected chi connectivity index (χ0v) is 12.2. The summed E-state index contributed by atoms with van der Waals surface area (Å²) in [6.07, 6.45) is 2.88. The fraction of sp³-hybridized carbons (Fsp3) is 0.625. The van der Waals surface area contributed by atoms with Crippen molar-refractivity contribution in [2.45, 2.75) is 44.4 Å². The number of aliphatic hydroxyl groups excluding tert-OH is 1. The van der Waals surface area contributed by atoms with Crippen LogP contribution >= 0.6 is 0 Å². The van der Waals surface area contributed by atoms with Gasteiger partial charge < -0.3 is 10.0 Å². The van der Waals surface area contributed by atoms with Gasteiger partial charge in [0.05, 0.1) is 11.8 Å². The minimum absolute atomic E-state index is 0.219. The number of fused-ring (bicyclic) bond motifs is 2. The van der Waals surface area contributed by atoms with E-state index in [0.29, 0.717) is 23.3 Å². The Morgan fingerprint density at radius 3 is 2.75 bits per heavy atom. The Kier molecular flexibility index (Phi) is 3.69. The van der Waals surface area contributed by atoms with Crippen LogP contribution < -0.4 is 4.90 Å². The van der Waals surface area contributed by atoms with Crippen LogP contribution in [-0.4, -0.2) is 42.2 Å². The maximum Gasteiger partial charge on any atom is 0.146 e. The van der Waals surface area contributed by atoms with E-state index in [1.165, 1.54) is 18.9 Å². The molecule has 3 atom stereocenters. The Morgan fingerprint density at radius 2 is 2.00 bits per heavy atom. The molecular formula is C16H23FN2O. The average molecular weight is 278 g/mol. The molecule has 2 heterocycles. The number of benzene rings is 1. The number of hydrogen-bond acceptors (Lipinski definition) is 3. The minimum Gasteiger partial charge on any atom is -0.389 e. The van der Waals surface area contributed by atoms with Gasteiger partial charge >= 0.3 is 0 Å². The molecule has 110 valence electrons. The Bertz CT molecular complexity index is 491. The topological polar surface area (TPSA) is 26.7 Å². The minimum atomic E-state index is -0.640. The highest BCUT2D eigenvalue weighted by Crippen LogP contribution is 2.35. The van der Waals surface area contributed by atoms with Crippen LogP contribution in [0.4, 0.5) is 10.1 Å². The van der Waals surface area contributed by atoms with Crippen molar-refractivity contribution in [3.63, 3.8) is 0 Å². The van der Waals surface area contributed by atoms with Crippen molar-refractivity contribution in [2.24, 2.45) is 0 Å². The van der Waals surface area contributed by atoms with Crippen molar-refractivity contribution in [2.75, 3.05) is 25.0 Å². The van der Waals surface area contributed by atoms with Gasteiger partial charge in [0, 0.05) is 30.7 Å². The molecule has 0 amide bonds. The number of rotatable bonds is 2. The number of hydrogen-bond donors (Lipinski definition) is 1. The quantitative estimate of drug-likeness (QED) is 0.900. The summed E-state index contributed by atoms with van der Waals surface area (Å²) in [5.74, 6) is -0.219. The molecule has 1 N–H and O–H groups in total. The lowest BCUT2D eigenvalue weighted by Crippen LogP contribution is -2.37. The molecule has 2 unspecified atom stereocenters. The predicted molar refractivity (Wildman–Crippen MR) is 78.4 cm³/mol. The average Bonchev–Trinajstić information content (AvgIpc) is 2.64. The molecule has 0 radical (unpaired) electrons. The first-order valence-corrected chi connectivity index (χ1v) is 7.51. The molecule has 1 aromatic carbocycles. The maximum atomic E-state index is 14.3. The second-order valence-electron chi connectivity index (χ2n) is 6.14. The van der Waals surface area contributed by atoms with E-state index >= 15 is 0 Å². The van der Waals surface area contributed by atoms with Crippen molar-refractivity contribution in [1.29, 1.82) is 0 Å². The number of nitrogens with zero attached hydrogens (tertiary/aromatic N) is 2. The van der Waals surface area contributed by atoms with Crippen LogP contribution in [0, 0.1) is 5.82 Å². The van der Waals surface area contributed by atoms with Crippen LogP contribution in [0.1, 0.15) is 37.9 Å². The molecule has 0 aromatic heterocycles. The third kappa shape index (κ3) is 2.31. The van der Waals surface area contributed by atoms with E-state index < -0.39 is 6.10 Å². The molecule has 0 saturated carbocycles. The van der Waals surface area contributed by atoms with Crippen LogP contribution in [0.15, 0.2) is 18.2 Å². The smallest absolute Gasteiger partial charge is 0.146 e. The van der Waals surface area contributed by atoms with Crippen LogP contribution in [0.2, 0.25) is 0 Å². The number of para-hydroxylation sites is 1.